The van der Waals surface area contributed by atoms with Crippen molar-refractivity contribution in [2.24, 2.45) is 0 Å². The van der Waals surface area contributed by atoms with E-state index in [9.17, 15) is 4.79 Å². The Morgan fingerprint density at radius 2 is 2.17 bits per heavy atom. The zero-order valence-corrected chi connectivity index (χ0v) is 11.5. The fraction of sp³-hybridized carbons (Fsp3) is 0.385. The molecule has 2 N–H and O–H groups in total. The summed E-state index contributed by atoms with van der Waals surface area (Å²) in [4.78, 5) is 10.3. The Morgan fingerprint density at radius 1 is 1.39 bits per heavy atom. The number of benzene rings is 1. The Hall–Kier alpha value is -1.54. The number of hydrogen-bond acceptors (Lipinski definition) is 3. The second-order valence-corrected chi connectivity index (χ2v) is 4.85. The minimum absolute atomic E-state index is 0.224. The Labute approximate surface area is 115 Å². The largest absolute Gasteiger partial charge is 0.481 e. The molecule has 0 aromatic heterocycles. The third kappa shape index (κ3) is 5.19. The highest BCUT2D eigenvalue weighted by Gasteiger charge is 2.02. The second kappa shape index (κ2) is 7.72. The van der Waals surface area contributed by atoms with Gasteiger partial charge in [-0.05, 0) is 31.0 Å². The smallest absolute Gasteiger partial charge is 0.303 e. The SMILES string of the molecule is N#Cc1cc(Br)ccc1NCCCCCC(=O)O. The van der Waals surface area contributed by atoms with Crippen LogP contribution in [0.25, 0.3) is 0 Å². The van der Waals surface area contributed by atoms with E-state index in [1.54, 1.807) is 6.07 Å². The molecule has 0 spiro atoms. The van der Waals surface area contributed by atoms with Crippen molar-refractivity contribution in [1.82, 2.24) is 0 Å². The van der Waals surface area contributed by atoms with Crippen LogP contribution in [0.5, 0.6) is 0 Å². The molecule has 96 valence electrons. The molecule has 0 aliphatic heterocycles. The van der Waals surface area contributed by atoms with Crippen LogP contribution in [0, 0.1) is 11.3 Å². The highest BCUT2D eigenvalue weighted by Crippen LogP contribution is 2.20. The van der Waals surface area contributed by atoms with Crippen molar-refractivity contribution in [3.63, 3.8) is 0 Å². The van der Waals surface area contributed by atoms with Gasteiger partial charge >= 0.3 is 5.97 Å². The molecule has 0 aliphatic carbocycles. The van der Waals surface area contributed by atoms with Crippen LogP contribution in [0.1, 0.15) is 31.2 Å². The van der Waals surface area contributed by atoms with E-state index in [4.69, 9.17) is 10.4 Å². The quantitative estimate of drug-likeness (QED) is 0.757. The Kier molecular flexibility index (Phi) is 6.23. The number of unbranched alkanes of at least 4 members (excludes halogenated alkanes) is 2. The monoisotopic (exact) mass is 310 g/mol. The Balaban J connectivity index is 2.31. The molecule has 0 saturated heterocycles. The van der Waals surface area contributed by atoms with Crippen molar-refractivity contribution in [3.8, 4) is 6.07 Å². The van der Waals surface area contributed by atoms with Gasteiger partial charge in [-0.2, -0.15) is 5.26 Å². The molecule has 4 nitrogen and oxygen atoms in total. The van der Waals surface area contributed by atoms with Gasteiger partial charge in [-0.25, -0.2) is 0 Å². The summed E-state index contributed by atoms with van der Waals surface area (Å²) in [5, 5.41) is 20.6. The molecular formula is C13H15BrN2O2. The van der Waals surface area contributed by atoms with Gasteiger partial charge in [0.05, 0.1) is 11.3 Å². The van der Waals surface area contributed by atoms with Gasteiger partial charge in [0.25, 0.3) is 0 Å². The zero-order chi connectivity index (χ0) is 13.4. The normalized spacial score (nSPS) is 9.78. The van der Waals surface area contributed by atoms with E-state index >= 15 is 0 Å². The van der Waals surface area contributed by atoms with E-state index < -0.39 is 5.97 Å². The number of halogens is 1. The molecule has 5 heteroatoms. The summed E-state index contributed by atoms with van der Waals surface area (Å²) in [5.41, 5.74) is 1.42. The van der Waals surface area contributed by atoms with Gasteiger partial charge in [0.15, 0.2) is 0 Å². The average molecular weight is 311 g/mol. The number of nitriles is 1. The highest BCUT2D eigenvalue weighted by molar-refractivity contribution is 9.10. The van der Waals surface area contributed by atoms with Crippen LogP contribution in [-0.2, 0) is 4.79 Å². The number of nitrogens with zero attached hydrogens (tertiary/aromatic N) is 1. The molecular weight excluding hydrogens is 296 g/mol. The van der Waals surface area contributed by atoms with Crippen molar-refractivity contribution in [2.45, 2.75) is 25.7 Å². The maximum Gasteiger partial charge on any atom is 0.303 e. The predicted molar refractivity (Wildman–Crippen MR) is 73.5 cm³/mol. The molecule has 0 amide bonds. The number of carboxylic acid groups (broad SMARTS) is 1. The molecule has 0 heterocycles. The lowest BCUT2D eigenvalue weighted by molar-refractivity contribution is -0.137. The first-order chi connectivity index (χ1) is 8.63. The minimum Gasteiger partial charge on any atom is -0.481 e. The summed E-state index contributed by atoms with van der Waals surface area (Å²) in [5.74, 6) is -0.748. The second-order valence-electron chi connectivity index (χ2n) is 3.93. The summed E-state index contributed by atoms with van der Waals surface area (Å²) >= 11 is 3.32. The molecule has 1 rings (SSSR count). The van der Waals surface area contributed by atoms with E-state index in [2.05, 4.69) is 27.3 Å². The maximum atomic E-state index is 10.3. The van der Waals surface area contributed by atoms with Gasteiger partial charge < -0.3 is 10.4 Å². The van der Waals surface area contributed by atoms with Crippen LogP contribution in [0.4, 0.5) is 5.69 Å². The molecule has 0 atom stereocenters. The lowest BCUT2D eigenvalue weighted by Crippen LogP contribution is -2.03. The van der Waals surface area contributed by atoms with E-state index in [0.717, 1.165) is 29.5 Å². The van der Waals surface area contributed by atoms with E-state index in [0.29, 0.717) is 12.0 Å². The summed E-state index contributed by atoms with van der Waals surface area (Å²) < 4.78 is 0.881. The number of anilines is 1. The fourth-order valence-corrected chi connectivity index (χ4v) is 1.93. The van der Waals surface area contributed by atoms with Crippen LogP contribution in [0.3, 0.4) is 0 Å². The summed E-state index contributed by atoms with van der Waals surface area (Å²) in [7, 11) is 0. The first-order valence-electron chi connectivity index (χ1n) is 5.79. The Morgan fingerprint density at radius 3 is 2.83 bits per heavy atom. The van der Waals surface area contributed by atoms with Crippen molar-refractivity contribution in [1.29, 1.82) is 5.26 Å². The molecule has 0 saturated carbocycles. The molecule has 0 fully saturated rings. The lowest BCUT2D eigenvalue weighted by Gasteiger charge is -2.08. The standard InChI is InChI=1S/C13H15BrN2O2/c14-11-5-6-12(10(8-11)9-15)16-7-3-1-2-4-13(17)18/h5-6,8,16H,1-4,7H2,(H,17,18). The highest BCUT2D eigenvalue weighted by atomic mass is 79.9. The topological polar surface area (TPSA) is 73.1 Å². The van der Waals surface area contributed by atoms with Gasteiger partial charge in [-0.1, -0.05) is 22.4 Å². The van der Waals surface area contributed by atoms with Crippen molar-refractivity contribution >= 4 is 27.6 Å². The number of carboxylic acids is 1. The van der Waals surface area contributed by atoms with Gasteiger partial charge in [-0.3, -0.25) is 4.79 Å². The van der Waals surface area contributed by atoms with Crippen LogP contribution < -0.4 is 5.32 Å². The van der Waals surface area contributed by atoms with Crippen LogP contribution in [0.2, 0.25) is 0 Å². The van der Waals surface area contributed by atoms with Crippen LogP contribution >= 0.6 is 15.9 Å². The van der Waals surface area contributed by atoms with E-state index in [1.807, 2.05) is 12.1 Å². The van der Waals surface area contributed by atoms with Crippen molar-refractivity contribution in [2.75, 3.05) is 11.9 Å². The summed E-state index contributed by atoms with van der Waals surface area (Å²) in [6.07, 6.45) is 2.69. The number of aliphatic carboxylic acids is 1. The molecule has 0 aliphatic rings. The Bertz CT molecular complexity index is 455. The number of carbonyl (C=O) groups is 1. The number of nitrogens with one attached hydrogen (secondary N) is 1. The maximum absolute atomic E-state index is 10.3. The third-order valence-corrected chi connectivity index (χ3v) is 2.98. The van der Waals surface area contributed by atoms with Gasteiger partial charge in [0.2, 0.25) is 0 Å². The third-order valence-electron chi connectivity index (χ3n) is 2.48. The molecule has 1 aromatic rings. The van der Waals surface area contributed by atoms with Crippen LogP contribution in [0.15, 0.2) is 22.7 Å². The van der Waals surface area contributed by atoms with Crippen LogP contribution in [-0.4, -0.2) is 17.6 Å². The van der Waals surface area contributed by atoms with Gasteiger partial charge in [-0.15, -0.1) is 0 Å². The van der Waals surface area contributed by atoms with Gasteiger partial charge in [0.1, 0.15) is 6.07 Å². The van der Waals surface area contributed by atoms with Crippen molar-refractivity contribution in [3.05, 3.63) is 28.2 Å². The predicted octanol–water partition coefficient (Wildman–Crippen LogP) is 3.38. The zero-order valence-electron chi connectivity index (χ0n) is 9.95. The first kappa shape index (κ1) is 14.5. The molecule has 0 bridgehead atoms. The fourth-order valence-electron chi connectivity index (χ4n) is 1.56. The van der Waals surface area contributed by atoms with Crippen molar-refractivity contribution < 1.29 is 9.90 Å². The summed E-state index contributed by atoms with van der Waals surface area (Å²) in [6, 6.07) is 7.65. The van der Waals surface area contributed by atoms with Gasteiger partial charge in [0, 0.05) is 17.4 Å². The summed E-state index contributed by atoms with van der Waals surface area (Å²) in [6.45, 7) is 0.746. The number of rotatable bonds is 7. The van der Waals surface area contributed by atoms with E-state index in [1.165, 1.54) is 0 Å². The molecule has 0 unspecified atom stereocenters. The first-order valence-corrected chi connectivity index (χ1v) is 6.58. The van der Waals surface area contributed by atoms with E-state index in [-0.39, 0.29) is 6.42 Å². The molecule has 0 radical (unpaired) electrons. The molecule has 1 aromatic carbocycles. The minimum atomic E-state index is -0.748. The lowest BCUT2D eigenvalue weighted by atomic mass is 10.1. The molecule has 18 heavy (non-hydrogen) atoms. The average Bonchev–Trinajstić information content (AvgIpc) is 2.34. The number of hydrogen-bond donors (Lipinski definition) is 2.